The number of carbonyl (C=O) groups excluding carboxylic acids is 1. The van der Waals surface area contributed by atoms with E-state index >= 15 is 0 Å². The second-order valence-corrected chi connectivity index (χ2v) is 4.08. The van der Waals surface area contributed by atoms with Gasteiger partial charge < -0.3 is 5.32 Å². The zero-order chi connectivity index (χ0) is 13.9. The Balaban J connectivity index is 2.01. The first kappa shape index (κ1) is 13.8. The molecule has 1 unspecified atom stereocenters. The molecule has 19 heavy (non-hydrogen) atoms. The fourth-order valence-electron chi connectivity index (χ4n) is 1.76. The standard InChI is InChI=1S/C11H13F3N4O/c12-11(13,14)8-4-2-1-3-7(8)5-15-10(19)9-6-16-18-17-9/h1-4,9,16-18H,5-6H2,(H,15,19). The summed E-state index contributed by atoms with van der Waals surface area (Å²) in [6.45, 7) is 0.208. The number of benzene rings is 1. The molecule has 1 fully saturated rings. The van der Waals surface area contributed by atoms with Gasteiger partial charge in [0.15, 0.2) is 0 Å². The summed E-state index contributed by atoms with van der Waals surface area (Å²) in [6, 6.07) is 4.67. The number of alkyl halides is 3. The largest absolute Gasteiger partial charge is 0.416 e. The zero-order valence-electron chi connectivity index (χ0n) is 9.84. The number of amides is 1. The Kier molecular flexibility index (Phi) is 4.03. The summed E-state index contributed by atoms with van der Waals surface area (Å²) in [5.41, 5.74) is 7.19. The molecule has 1 heterocycles. The highest BCUT2D eigenvalue weighted by molar-refractivity contribution is 5.82. The van der Waals surface area contributed by atoms with Gasteiger partial charge >= 0.3 is 6.18 Å². The maximum Gasteiger partial charge on any atom is 0.416 e. The van der Waals surface area contributed by atoms with E-state index < -0.39 is 17.8 Å². The van der Waals surface area contributed by atoms with E-state index in [1.54, 1.807) is 0 Å². The number of halogens is 3. The Morgan fingerprint density at radius 1 is 1.37 bits per heavy atom. The lowest BCUT2D eigenvalue weighted by Gasteiger charge is -2.14. The molecule has 1 saturated heterocycles. The van der Waals surface area contributed by atoms with E-state index in [2.05, 4.69) is 21.7 Å². The zero-order valence-corrected chi connectivity index (χ0v) is 9.84. The van der Waals surface area contributed by atoms with Crippen molar-refractivity contribution >= 4 is 5.91 Å². The van der Waals surface area contributed by atoms with E-state index in [-0.39, 0.29) is 18.0 Å². The quantitative estimate of drug-likeness (QED) is 0.640. The minimum absolute atomic E-state index is 0.0438. The molecule has 4 N–H and O–H groups in total. The molecular formula is C11H13F3N4O. The van der Waals surface area contributed by atoms with Gasteiger partial charge in [0.05, 0.1) is 5.56 Å². The highest BCUT2D eigenvalue weighted by Gasteiger charge is 2.33. The normalized spacial score (nSPS) is 19.4. The predicted molar refractivity (Wildman–Crippen MR) is 61.4 cm³/mol. The highest BCUT2D eigenvalue weighted by atomic mass is 19.4. The van der Waals surface area contributed by atoms with E-state index in [0.717, 1.165) is 6.07 Å². The molecule has 0 bridgehead atoms. The fraction of sp³-hybridized carbons (Fsp3) is 0.364. The first-order valence-corrected chi connectivity index (χ1v) is 5.64. The van der Waals surface area contributed by atoms with Crippen LogP contribution in [0.3, 0.4) is 0 Å². The second-order valence-electron chi connectivity index (χ2n) is 4.08. The molecule has 104 valence electrons. The van der Waals surface area contributed by atoms with Crippen molar-refractivity contribution in [1.29, 1.82) is 0 Å². The van der Waals surface area contributed by atoms with Crippen LogP contribution in [0.4, 0.5) is 13.2 Å². The van der Waals surface area contributed by atoms with E-state index in [4.69, 9.17) is 0 Å². The number of nitrogens with one attached hydrogen (secondary N) is 4. The topological polar surface area (TPSA) is 65.2 Å². The molecule has 0 aromatic heterocycles. The summed E-state index contributed by atoms with van der Waals surface area (Å²) in [5.74, 6) is -0.366. The molecule has 1 amide bonds. The lowest BCUT2D eigenvalue weighted by atomic mass is 10.1. The van der Waals surface area contributed by atoms with Gasteiger partial charge in [-0.15, -0.1) is 0 Å². The number of hydrogen-bond acceptors (Lipinski definition) is 4. The molecular weight excluding hydrogens is 261 g/mol. The molecule has 1 atom stereocenters. The van der Waals surface area contributed by atoms with Crippen molar-refractivity contribution in [2.75, 3.05) is 6.54 Å². The molecule has 1 aromatic rings. The SMILES string of the molecule is O=C(NCc1ccccc1C(F)(F)F)C1CNNN1. The minimum atomic E-state index is -4.42. The van der Waals surface area contributed by atoms with Crippen LogP contribution >= 0.6 is 0 Å². The van der Waals surface area contributed by atoms with Gasteiger partial charge in [0, 0.05) is 13.1 Å². The lowest BCUT2D eigenvalue weighted by molar-refractivity contribution is -0.138. The third kappa shape index (κ3) is 3.43. The molecule has 1 aromatic carbocycles. The lowest BCUT2D eigenvalue weighted by Crippen LogP contribution is -2.44. The molecule has 0 spiro atoms. The van der Waals surface area contributed by atoms with Gasteiger partial charge in [-0.25, -0.2) is 10.9 Å². The summed E-state index contributed by atoms with van der Waals surface area (Å²) < 4.78 is 38.2. The number of carbonyl (C=O) groups is 1. The molecule has 0 radical (unpaired) electrons. The Bertz CT molecular complexity index is 457. The van der Waals surface area contributed by atoms with E-state index in [1.165, 1.54) is 18.2 Å². The maximum atomic E-state index is 12.7. The van der Waals surface area contributed by atoms with Crippen LogP contribution in [0.15, 0.2) is 24.3 Å². The van der Waals surface area contributed by atoms with Crippen LogP contribution in [0.2, 0.25) is 0 Å². The van der Waals surface area contributed by atoms with E-state index in [0.29, 0.717) is 6.54 Å². The molecule has 8 heteroatoms. The van der Waals surface area contributed by atoms with Crippen LogP contribution in [0.25, 0.3) is 0 Å². The van der Waals surface area contributed by atoms with E-state index in [1.807, 2.05) is 0 Å². The summed E-state index contributed by atoms with van der Waals surface area (Å²) >= 11 is 0. The van der Waals surface area contributed by atoms with Gasteiger partial charge in [-0.05, 0) is 11.6 Å². The first-order chi connectivity index (χ1) is 8.98. The molecule has 1 aliphatic heterocycles. The molecule has 2 rings (SSSR count). The second kappa shape index (κ2) is 5.55. The van der Waals surface area contributed by atoms with Crippen molar-refractivity contribution in [2.24, 2.45) is 0 Å². The Morgan fingerprint density at radius 3 is 2.74 bits per heavy atom. The third-order valence-corrected chi connectivity index (χ3v) is 2.73. The predicted octanol–water partition coefficient (Wildman–Crippen LogP) is 0.303. The van der Waals surface area contributed by atoms with Crippen molar-refractivity contribution in [3.8, 4) is 0 Å². The van der Waals surface area contributed by atoms with Crippen molar-refractivity contribution in [1.82, 2.24) is 21.7 Å². The monoisotopic (exact) mass is 274 g/mol. The molecule has 0 saturated carbocycles. The van der Waals surface area contributed by atoms with Gasteiger partial charge in [-0.1, -0.05) is 18.2 Å². The molecule has 1 aliphatic rings. The average Bonchev–Trinajstić information content (AvgIpc) is 2.89. The number of hydrogen-bond donors (Lipinski definition) is 4. The van der Waals surface area contributed by atoms with Gasteiger partial charge in [-0.3, -0.25) is 4.79 Å². The van der Waals surface area contributed by atoms with Crippen molar-refractivity contribution in [2.45, 2.75) is 18.8 Å². The van der Waals surface area contributed by atoms with Crippen molar-refractivity contribution in [3.63, 3.8) is 0 Å². The molecule has 0 aliphatic carbocycles. The first-order valence-electron chi connectivity index (χ1n) is 5.64. The summed E-state index contributed by atoms with van der Waals surface area (Å²) in [6.07, 6.45) is -4.42. The van der Waals surface area contributed by atoms with Crippen LogP contribution in [0.5, 0.6) is 0 Å². The Labute approximate surface area is 107 Å². The Hall–Kier alpha value is -1.64. The average molecular weight is 274 g/mol. The fourth-order valence-corrected chi connectivity index (χ4v) is 1.76. The minimum Gasteiger partial charge on any atom is -0.351 e. The van der Waals surface area contributed by atoms with Crippen molar-refractivity contribution < 1.29 is 18.0 Å². The maximum absolute atomic E-state index is 12.7. The molecule has 5 nitrogen and oxygen atoms in total. The summed E-state index contributed by atoms with van der Waals surface area (Å²) in [7, 11) is 0. The van der Waals surface area contributed by atoms with Crippen LogP contribution < -0.4 is 21.7 Å². The van der Waals surface area contributed by atoms with Crippen LogP contribution in [-0.2, 0) is 17.5 Å². The Morgan fingerprint density at radius 2 is 2.11 bits per heavy atom. The summed E-state index contributed by atoms with van der Waals surface area (Å²) in [5, 5.41) is 2.47. The van der Waals surface area contributed by atoms with Gasteiger partial charge in [0.25, 0.3) is 0 Å². The van der Waals surface area contributed by atoms with Crippen molar-refractivity contribution in [3.05, 3.63) is 35.4 Å². The van der Waals surface area contributed by atoms with E-state index in [9.17, 15) is 18.0 Å². The smallest absolute Gasteiger partial charge is 0.351 e. The number of rotatable bonds is 3. The van der Waals surface area contributed by atoms with Crippen LogP contribution in [0.1, 0.15) is 11.1 Å². The third-order valence-electron chi connectivity index (χ3n) is 2.73. The van der Waals surface area contributed by atoms with Crippen LogP contribution in [0, 0.1) is 0 Å². The number of hydrazine groups is 2. The van der Waals surface area contributed by atoms with Crippen LogP contribution in [-0.4, -0.2) is 18.5 Å². The van der Waals surface area contributed by atoms with Gasteiger partial charge in [-0.2, -0.15) is 18.7 Å². The summed E-state index contributed by atoms with van der Waals surface area (Å²) in [4.78, 5) is 11.6. The highest BCUT2D eigenvalue weighted by Crippen LogP contribution is 2.31. The van der Waals surface area contributed by atoms with Gasteiger partial charge in [0.1, 0.15) is 6.04 Å². The van der Waals surface area contributed by atoms with Gasteiger partial charge in [0.2, 0.25) is 5.91 Å².